The van der Waals surface area contributed by atoms with Crippen molar-refractivity contribution in [2.75, 3.05) is 19.6 Å². The molecule has 1 aliphatic rings. The first-order valence-electron chi connectivity index (χ1n) is 9.44. The molecule has 0 aromatic rings. The third-order valence-corrected chi connectivity index (χ3v) is 4.10. The van der Waals surface area contributed by atoms with Crippen LogP contribution in [0, 0.1) is 0 Å². The van der Waals surface area contributed by atoms with Crippen molar-refractivity contribution in [1.82, 2.24) is 15.5 Å². The molecule has 3 amide bonds. The number of carbonyl (C=O) groups excluding carboxylic acids is 2. The molecule has 1 heterocycles. The maximum Gasteiger partial charge on any atom is 0.407 e. The van der Waals surface area contributed by atoms with Crippen molar-refractivity contribution in [3.8, 4) is 0 Å². The summed E-state index contributed by atoms with van der Waals surface area (Å²) < 4.78 is 5.16. The molecule has 3 N–H and O–H groups in total. The average molecular weight is 371 g/mol. The number of hydrogen-bond acceptors (Lipinski definition) is 4. The van der Waals surface area contributed by atoms with Crippen LogP contribution in [0.15, 0.2) is 0 Å². The Balaban J connectivity index is 2.17. The van der Waals surface area contributed by atoms with E-state index in [-0.39, 0.29) is 5.91 Å². The Morgan fingerprint density at radius 3 is 2.54 bits per heavy atom. The maximum atomic E-state index is 12.4. The van der Waals surface area contributed by atoms with E-state index >= 15 is 0 Å². The molecule has 8 heteroatoms. The zero-order valence-electron chi connectivity index (χ0n) is 16.2. The second-order valence-corrected chi connectivity index (χ2v) is 7.67. The van der Waals surface area contributed by atoms with Crippen molar-refractivity contribution in [3.05, 3.63) is 0 Å². The minimum absolute atomic E-state index is 0.114. The molecule has 26 heavy (non-hydrogen) atoms. The number of likely N-dealkylation sites (tertiary alicyclic amines) is 1. The molecule has 0 spiro atoms. The molecule has 1 unspecified atom stereocenters. The summed E-state index contributed by atoms with van der Waals surface area (Å²) in [5.74, 6) is -0.114. The van der Waals surface area contributed by atoms with Gasteiger partial charge in [0.05, 0.1) is 0 Å². The Labute approximate surface area is 155 Å². The molecule has 0 aliphatic carbocycles. The smallest absolute Gasteiger partial charge is 0.407 e. The van der Waals surface area contributed by atoms with Crippen molar-refractivity contribution >= 4 is 18.1 Å². The normalized spacial score (nSPS) is 18.2. The highest BCUT2D eigenvalue weighted by Crippen LogP contribution is 2.14. The standard InChI is InChI=1S/C18H33N3O5/c1-18(2,3)26-17(25)19-11-7-4-5-8-12-21-13-9-6-10-14(15(21)22)20-16(23)24/h14,20H,4-13H2,1-3H3,(H,19,25)(H,23,24). The summed E-state index contributed by atoms with van der Waals surface area (Å²) in [6.45, 7) is 7.39. The number of rotatable bonds is 8. The first-order chi connectivity index (χ1) is 12.2. The van der Waals surface area contributed by atoms with Crippen molar-refractivity contribution < 1.29 is 24.2 Å². The van der Waals surface area contributed by atoms with E-state index in [4.69, 9.17) is 9.84 Å². The van der Waals surface area contributed by atoms with Gasteiger partial charge in [0.15, 0.2) is 0 Å². The topological polar surface area (TPSA) is 108 Å². The fourth-order valence-corrected chi connectivity index (χ4v) is 2.90. The molecule has 1 fully saturated rings. The Bertz CT molecular complexity index is 476. The summed E-state index contributed by atoms with van der Waals surface area (Å²) in [5.41, 5.74) is -0.489. The van der Waals surface area contributed by atoms with Crippen LogP contribution >= 0.6 is 0 Å². The molecule has 1 atom stereocenters. The first-order valence-corrected chi connectivity index (χ1v) is 9.44. The minimum atomic E-state index is -1.15. The molecule has 0 bridgehead atoms. The van der Waals surface area contributed by atoms with Crippen molar-refractivity contribution in [2.24, 2.45) is 0 Å². The molecule has 0 aromatic heterocycles. The van der Waals surface area contributed by atoms with Gasteiger partial charge in [-0.05, 0) is 52.9 Å². The van der Waals surface area contributed by atoms with Crippen LogP contribution in [0.5, 0.6) is 0 Å². The van der Waals surface area contributed by atoms with Gasteiger partial charge in [0.2, 0.25) is 5.91 Å². The highest BCUT2D eigenvalue weighted by molar-refractivity contribution is 5.85. The quantitative estimate of drug-likeness (QED) is 0.569. The van der Waals surface area contributed by atoms with Crippen molar-refractivity contribution in [3.63, 3.8) is 0 Å². The molecule has 150 valence electrons. The van der Waals surface area contributed by atoms with Gasteiger partial charge in [-0.15, -0.1) is 0 Å². The van der Waals surface area contributed by atoms with Gasteiger partial charge in [-0.2, -0.15) is 0 Å². The number of carbonyl (C=O) groups is 3. The summed E-state index contributed by atoms with van der Waals surface area (Å²) >= 11 is 0. The Kier molecular flexibility index (Phi) is 9.23. The maximum absolute atomic E-state index is 12.4. The zero-order valence-corrected chi connectivity index (χ0v) is 16.2. The SMILES string of the molecule is CC(C)(C)OC(=O)NCCCCCCN1CCCCC(NC(=O)O)C1=O. The molecule has 1 saturated heterocycles. The largest absolute Gasteiger partial charge is 0.465 e. The highest BCUT2D eigenvalue weighted by atomic mass is 16.6. The number of alkyl carbamates (subject to hydrolysis) is 1. The number of hydrogen-bond donors (Lipinski definition) is 3. The Morgan fingerprint density at radius 2 is 1.88 bits per heavy atom. The second kappa shape index (κ2) is 10.9. The third kappa shape index (κ3) is 9.48. The number of ether oxygens (including phenoxy) is 1. The summed E-state index contributed by atoms with van der Waals surface area (Å²) in [6.07, 6.45) is 4.41. The van der Waals surface area contributed by atoms with E-state index in [1.54, 1.807) is 4.90 Å². The van der Waals surface area contributed by atoms with E-state index in [2.05, 4.69) is 10.6 Å². The van der Waals surface area contributed by atoms with Crippen LogP contribution in [-0.2, 0) is 9.53 Å². The van der Waals surface area contributed by atoms with Gasteiger partial charge in [0.25, 0.3) is 0 Å². The van der Waals surface area contributed by atoms with Crippen LogP contribution in [0.2, 0.25) is 0 Å². The Morgan fingerprint density at radius 1 is 1.19 bits per heavy atom. The van der Waals surface area contributed by atoms with Crippen molar-refractivity contribution in [2.45, 2.75) is 77.4 Å². The fourth-order valence-electron chi connectivity index (χ4n) is 2.90. The van der Waals surface area contributed by atoms with Crippen LogP contribution in [0.4, 0.5) is 9.59 Å². The lowest BCUT2D eigenvalue weighted by molar-refractivity contribution is -0.132. The lowest BCUT2D eigenvalue weighted by Crippen LogP contribution is -2.47. The third-order valence-electron chi connectivity index (χ3n) is 4.10. The van der Waals surface area contributed by atoms with E-state index in [9.17, 15) is 14.4 Å². The first kappa shape index (κ1) is 22.1. The van der Waals surface area contributed by atoms with Gasteiger partial charge < -0.3 is 25.4 Å². The predicted octanol–water partition coefficient (Wildman–Crippen LogP) is 2.72. The summed E-state index contributed by atoms with van der Waals surface area (Å²) in [6, 6.07) is -0.618. The van der Waals surface area contributed by atoms with Gasteiger partial charge in [-0.25, -0.2) is 9.59 Å². The molecular weight excluding hydrogens is 338 g/mol. The molecule has 1 rings (SSSR count). The second-order valence-electron chi connectivity index (χ2n) is 7.67. The molecule has 0 saturated carbocycles. The molecular formula is C18H33N3O5. The van der Waals surface area contributed by atoms with Gasteiger partial charge in [0, 0.05) is 19.6 Å². The Hall–Kier alpha value is -1.99. The van der Waals surface area contributed by atoms with Crippen LogP contribution in [0.1, 0.15) is 65.7 Å². The van der Waals surface area contributed by atoms with Gasteiger partial charge >= 0.3 is 12.2 Å². The van der Waals surface area contributed by atoms with Crippen LogP contribution in [0.3, 0.4) is 0 Å². The predicted molar refractivity (Wildman–Crippen MR) is 98.1 cm³/mol. The van der Waals surface area contributed by atoms with E-state index in [0.717, 1.165) is 38.5 Å². The van der Waals surface area contributed by atoms with Crippen LogP contribution in [0.25, 0.3) is 0 Å². The van der Waals surface area contributed by atoms with E-state index in [0.29, 0.717) is 26.1 Å². The number of carboxylic acid groups (broad SMARTS) is 1. The van der Waals surface area contributed by atoms with E-state index in [1.165, 1.54) is 0 Å². The fraction of sp³-hybridized carbons (Fsp3) is 0.833. The van der Waals surface area contributed by atoms with Gasteiger partial charge in [-0.3, -0.25) is 4.79 Å². The monoisotopic (exact) mass is 371 g/mol. The minimum Gasteiger partial charge on any atom is -0.465 e. The zero-order chi connectivity index (χ0) is 19.6. The lowest BCUT2D eigenvalue weighted by Gasteiger charge is -2.24. The van der Waals surface area contributed by atoms with E-state index in [1.807, 2.05) is 20.8 Å². The van der Waals surface area contributed by atoms with Gasteiger partial charge in [0.1, 0.15) is 11.6 Å². The average Bonchev–Trinajstić information content (AvgIpc) is 2.67. The molecule has 0 radical (unpaired) electrons. The summed E-state index contributed by atoms with van der Waals surface area (Å²) in [5, 5.41) is 13.9. The van der Waals surface area contributed by atoms with E-state index < -0.39 is 23.8 Å². The summed E-state index contributed by atoms with van der Waals surface area (Å²) in [4.78, 5) is 36.4. The highest BCUT2D eigenvalue weighted by Gasteiger charge is 2.27. The molecule has 0 aromatic carbocycles. The molecule has 1 aliphatic heterocycles. The number of nitrogens with one attached hydrogen (secondary N) is 2. The number of nitrogens with zero attached hydrogens (tertiary/aromatic N) is 1. The summed E-state index contributed by atoms with van der Waals surface area (Å²) in [7, 11) is 0. The van der Waals surface area contributed by atoms with Crippen molar-refractivity contribution in [1.29, 1.82) is 0 Å². The van der Waals surface area contributed by atoms with Crippen LogP contribution < -0.4 is 10.6 Å². The number of amides is 3. The molecule has 8 nitrogen and oxygen atoms in total. The van der Waals surface area contributed by atoms with Crippen LogP contribution in [-0.4, -0.2) is 59.4 Å². The number of unbranched alkanes of at least 4 members (excludes halogenated alkanes) is 3. The lowest BCUT2D eigenvalue weighted by atomic mass is 10.1. The van der Waals surface area contributed by atoms with Gasteiger partial charge in [-0.1, -0.05) is 12.8 Å².